The summed E-state index contributed by atoms with van der Waals surface area (Å²) in [7, 11) is 5.11. The number of amides is 1. The third-order valence-electron chi connectivity index (χ3n) is 6.32. The fourth-order valence-electron chi connectivity index (χ4n) is 4.35. The summed E-state index contributed by atoms with van der Waals surface area (Å²) in [5.74, 6) is 1.22. The number of rotatable bonds is 6. The molecule has 1 fully saturated rings. The first-order valence-corrected chi connectivity index (χ1v) is 11.2. The maximum absolute atomic E-state index is 12.6. The second-order valence-corrected chi connectivity index (χ2v) is 8.88. The zero-order valence-electron chi connectivity index (χ0n) is 19.3. The van der Waals surface area contributed by atoms with Crippen LogP contribution >= 0.6 is 0 Å². The van der Waals surface area contributed by atoms with Crippen LogP contribution in [-0.4, -0.2) is 50.9 Å². The molecule has 0 N–H and O–H groups in total. The Balaban J connectivity index is 1.74. The van der Waals surface area contributed by atoms with Crippen LogP contribution in [0.4, 0.5) is 0 Å². The number of hydrogen-bond acceptors (Lipinski definition) is 4. The van der Waals surface area contributed by atoms with Gasteiger partial charge in [0.25, 0.3) is 5.91 Å². The van der Waals surface area contributed by atoms with Crippen LogP contribution in [0.15, 0.2) is 30.3 Å². The van der Waals surface area contributed by atoms with Crippen molar-refractivity contribution < 1.29 is 9.53 Å². The second-order valence-electron chi connectivity index (χ2n) is 8.88. The summed E-state index contributed by atoms with van der Waals surface area (Å²) in [5.41, 5.74) is 6.33. The molecule has 0 aromatic carbocycles. The fraction of sp³-hybridized carbons (Fsp3) is 0.400. The number of aryl methyl sites for hydroxylation is 2. The lowest BCUT2D eigenvalue weighted by Gasteiger charge is -2.13. The average Bonchev–Trinajstić information content (AvgIpc) is 3.47. The van der Waals surface area contributed by atoms with Crippen molar-refractivity contribution >= 4 is 22.6 Å². The van der Waals surface area contributed by atoms with E-state index in [2.05, 4.69) is 36.6 Å². The standard InChI is InChI=1S/C25H29N5O2/c1-6-19-10-9-17-11-20(29(24(17)26-19)14-16-7-8-16)23-15(2)30-21(27-23)12-18(13-22(30)32-5)25(31)28(3)4/h9-13,16H,6-8,14H2,1-5H3. The van der Waals surface area contributed by atoms with Crippen molar-refractivity contribution in [2.75, 3.05) is 21.2 Å². The lowest BCUT2D eigenvalue weighted by atomic mass is 10.2. The molecule has 1 aliphatic carbocycles. The molecule has 1 amide bonds. The van der Waals surface area contributed by atoms with Gasteiger partial charge in [-0.1, -0.05) is 6.92 Å². The van der Waals surface area contributed by atoms with Crippen molar-refractivity contribution in [3.63, 3.8) is 0 Å². The molecule has 0 bridgehead atoms. The minimum absolute atomic E-state index is 0.0767. The number of pyridine rings is 2. The fourth-order valence-corrected chi connectivity index (χ4v) is 4.35. The van der Waals surface area contributed by atoms with Gasteiger partial charge in [-0.15, -0.1) is 0 Å². The third-order valence-corrected chi connectivity index (χ3v) is 6.32. The van der Waals surface area contributed by atoms with E-state index in [-0.39, 0.29) is 5.91 Å². The van der Waals surface area contributed by atoms with Gasteiger partial charge in [-0.05, 0) is 56.4 Å². The van der Waals surface area contributed by atoms with Gasteiger partial charge in [0.2, 0.25) is 0 Å². The van der Waals surface area contributed by atoms with Crippen molar-refractivity contribution in [3.8, 4) is 17.3 Å². The Morgan fingerprint density at radius 2 is 1.97 bits per heavy atom. The van der Waals surface area contributed by atoms with Gasteiger partial charge >= 0.3 is 0 Å². The summed E-state index contributed by atoms with van der Waals surface area (Å²) >= 11 is 0. The van der Waals surface area contributed by atoms with E-state index in [1.165, 1.54) is 12.8 Å². The zero-order valence-corrected chi connectivity index (χ0v) is 19.3. The number of methoxy groups -OCH3 is 1. The van der Waals surface area contributed by atoms with Crippen molar-refractivity contribution in [3.05, 3.63) is 47.3 Å². The Morgan fingerprint density at radius 1 is 1.19 bits per heavy atom. The minimum Gasteiger partial charge on any atom is -0.482 e. The summed E-state index contributed by atoms with van der Waals surface area (Å²) in [6.07, 6.45) is 3.44. The lowest BCUT2D eigenvalue weighted by molar-refractivity contribution is 0.0827. The largest absolute Gasteiger partial charge is 0.482 e. The van der Waals surface area contributed by atoms with Crippen molar-refractivity contribution in [1.82, 2.24) is 23.8 Å². The quantitative estimate of drug-likeness (QED) is 0.456. The van der Waals surface area contributed by atoms with Crippen molar-refractivity contribution in [1.29, 1.82) is 0 Å². The van der Waals surface area contributed by atoms with Crippen LogP contribution in [0.25, 0.3) is 28.1 Å². The van der Waals surface area contributed by atoms with Gasteiger partial charge < -0.3 is 14.2 Å². The molecular weight excluding hydrogens is 402 g/mol. The Hall–Kier alpha value is -3.35. The predicted molar refractivity (Wildman–Crippen MR) is 125 cm³/mol. The molecule has 0 spiro atoms. The monoisotopic (exact) mass is 431 g/mol. The Kier molecular flexibility index (Phi) is 4.92. The number of fused-ring (bicyclic) bond motifs is 2. The lowest BCUT2D eigenvalue weighted by Crippen LogP contribution is -2.22. The molecule has 32 heavy (non-hydrogen) atoms. The summed E-state index contributed by atoms with van der Waals surface area (Å²) in [6.45, 7) is 5.14. The highest BCUT2D eigenvalue weighted by atomic mass is 16.5. The van der Waals surface area contributed by atoms with Crippen LogP contribution in [0.5, 0.6) is 5.88 Å². The van der Waals surface area contributed by atoms with Crippen molar-refractivity contribution in [2.24, 2.45) is 5.92 Å². The number of aromatic nitrogens is 4. The molecular formula is C25H29N5O2. The first kappa shape index (κ1) is 20.5. The second kappa shape index (κ2) is 7.65. The van der Waals surface area contributed by atoms with Crippen LogP contribution in [0.3, 0.4) is 0 Å². The number of imidazole rings is 1. The minimum atomic E-state index is -0.0767. The number of ether oxygens (including phenoxy) is 1. The Bertz CT molecular complexity index is 1340. The topological polar surface area (TPSA) is 64.7 Å². The van der Waals surface area contributed by atoms with E-state index >= 15 is 0 Å². The van der Waals surface area contributed by atoms with Gasteiger partial charge in [0.15, 0.2) is 5.88 Å². The van der Waals surface area contributed by atoms with Crippen LogP contribution in [-0.2, 0) is 13.0 Å². The molecule has 0 atom stereocenters. The number of nitrogens with zero attached hydrogens (tertiary/aromatic N) is 5. The Morgan fingerprint density at radius 3 is 2.62 bits per heavy atom. The molecule has 0 aliphatic heterocycles. The maximum atomic E-state index is 12.6. The van der Waals surface area contributed by atoms with Crippen molar-refractivity contribution in [2.45, 2.75) is 39.7 Å². The van der Waals surface area contributed by atoms with E-state index in [4.69, 9.17) is 14.7 Å². The highest BCUT2D eigenvalue weighted by Gasteiger charge is 2.26. The number of carbonyl (C=O) groups excluding carboxylic acids is 1. The SMILES string of the molecule is CCc1ccc2cc(-c3nc4cc(C(=O)N(C)C)cc(OC)n4c3C)n(CC3CC3)c2n1. The first-order chi connectivity index (χ1) is 15.4. The van der Waals surface area contributed by atoms with E-state index in [0.29, 0.717) is 23.0 Å². The Labute approximate surface area is 187 Å². The van der Waals surface area contributed by atoms with Crippen LogP contribution in [0.1, 0.15) is 41.5 Å². The molecule has 0 saturated heterocycles. The predicted octanol–water partition coefficient (Wildman–Crippen LogP) is 4.34. The molecule has 4 aromatic rings. The van der Waals surface area contributed by atoms with E-state index in [0.717, 1.165) is 46.8 Å². The molecule has 5 rings (SSSR count). The van der Waals surface area contributed by atoms with Gasteiger partial charge in [0.1, 0.15) is 17.0 Å². The molecule has 4 aromatic heterocycles. The van der Waals surface area contributed by atoms with Gasteiger partial charge in [-0.2, -0.15) is 0 Å². The van der Waals surface area contributed by atoms with Crippen LogP contribution < -0.4 is 4.74 Å². The summed E-state index contributed by atoms with van der Waals surface area (Å²) < 4.78 is 9.97. The van der Waals surface area contributed by atoms with E-state index in [1.807, 2.05) is 10.5 Å². The molecule has 7 heteroatoms. The summed E-state index contributed by atoms with van der Waals surface area (Å²) in [5, 5.41) is 1.13. The van der Waals surface area contributed by atoms with Gasteiger partial charge in [-0.25, -0.2) is 9.97 Å². The zero-order chi connectivity index (χ0) is 22.6. The molecule has 166 valence electrons. The molecule has 1 saturated carbocycles. The smallest absolute Gasteiger partial charge is 0.253 e. The van der Waals surface area contributed by atoms with Crippen LogP contribution in [0.2, 0.25) is 0 Å². The van der Waals surface area contributed by atoms with E-state index < -0.39 is 0 Å². The van der Waals surface area contributed by atoms with Gasteiger partial charge in [0.05, 0.1) is 18.5 Å². The van der Waals surface area contributed by atoms with Crippen LogP contribution in [0, 0.1) is 12.8 Å². The third kappa shape index (κ3) is 3.32. The number of hydrogen-bond donors (Lipinski definition) is 0. The maximum Gasteiger partial charge on any atom is 0.253 e. The average molecular weight is 432 g/mol. The van der Waals surface area contributed by atoms with Gasteiger partial charge in [-0.3, -0.25) is 9.20 Å². The summed E-state index contributed by atoms with van der Waals surface area (Å²) in [6, 6.07) is 10.1. The first-order valence-electron chi connectivity index (χ1n) is 11.2. The molecule has 0 unspecified atom stereocenters. The molecule has 7 nitrogen and oxygen atoms in total. The van der Waals surface area contributed by atoms with E-state index in [1.54, 1.807) is 32.2 Å². The van der Waals surface area contributed by atoms with E-state index in [9.17, 15) is 4.79 Å². The molecule has 4 heterocycles. The normalized spacial score (nSPS) is 13.8. The summed E-state index contributed by atoms with van der Waals surface area (Å²) in [4.78, 5) is 24.1. The number of carbonyl (C=O) groups is 1. The highest BCUT2D eigenvalue weighted by Crippen LogP contribution is 2.37. The molecule has 0 radical (unpaired) electrons. The molecule has 1 aliphatic rings. The van der Waals surface area contributed by atoms with Gasteiger partial charge in [0, 0.05) is 43.4 Å². The highest BCUT2D eigenvalue weighted by molar-refractivity contribution is 5.95.